The number of benzene rings is 1. The molecule has 2 aromatic rings. The topological polar surface area (TPSA) is 87.4 Å². The quantitative estimate of drug-likeness (QED) is 0.913. The van der Waals surface area contributed by atoms with Crippen LogP contribution in [0.2, 0.25) is 0 Å². The minimum Gasteiger partial charge on any atom is -0.465 e. The first-order valence-corrected chi connectivity index (χ1v) is 8.28. The van der Waals surface area contributed by atoms with E-state index in [-0.39, 0.29) is 6.04 Å². The molecule has 2 aliphatic rings. The maximum absolute atomic E-state index is 11.1. The van der Waals surface area contributed by atoms with Gasteiger partial charge in [-0.05, 0) is 23.6 Å². The second kappa shape index (κ2) is 6.20. The Morgan fingerprint density at radius 3 is 2.46 bits per heavy atom. The van der Waals surface area contributed by atoms with Gasteiger partial charge in [0.05, 0.1) is 12.1 Å². The molecule has 0 bridgehead atoms. The van der Waals surface area contributed by atoms with Gasteiger partial charge in [0, 0.05) is 26.2 Å². The zero-order valence-corrected chi connectivity index (χ0v) is 13.3. The largest absolute Gasteiger partial charge is 0.465 e. The molecule has 2 heterocycles. The van der Waals surface area contributed by atoms with Crippen LogP contribution in [0.3, 0.4) is 0 Å². The van der Waals surface area contributed by atoms with Crippen molar-refractivity contribution in [2.24, 2.45) is 0 Å². The van der Waals surface area contributed by atoms with Crippen molar-refractivity contribution in [3.8, 4) is 0 Å². The second-order valence-corrected chi connectivity index (χ2v) is 6.32. The van der Waals surface area contributed by atoms with Crippen LogP contribution < -0.4 is 0 Å². The lowest BCUT2D eigenvalue weighted by atomic mass is 10.0. The number of hydrogen-bond acceptors (Lipinski definition) is 5. The number of carbonyl (C=O) groups is 1. The summed E-state index contributed by atoms with van der Waals surface area (Å²) in [6, 6.07) is 10.4. The molecule has 1 amide bonds. The number of rotatable bonds is 4. The zero-order valence-electron chi connectivity index (χ0n) is 13.3. The summed E-state index contributed by atoms with van der Waals surface area (Å²) in [5.41, 5.74) is 1.11. The normalized spacial score (nSPS) is 20.1. The summed E-state index contributed by atoms with van der Waals surface area (Å²) in [4.78, 5) is 16.5. The highest BCUT2D eigenvalue weighted by molar-refractivity contribution is 5.65. The Labute approximate surface area is 139 Å². The van der Waals surface area contributed by atoms with Gasteiger partial charge in [-0.2, -0.15) is 4.80 Å². The van der Waals surface area contributed by atoms with Crippen LogP contribution in [0.4, 0.5) is 4.79 Å². The van der Waals surface area contributed by atoms with E-state index >= 15 is 0 Å². The molecule has 8 heteroatoms. The molecule has 126 valence electrons. The summed E-state index contributed by atoms with van der Waals surface area (Å²) >= 11 is 0. The summed E-state index contributed by atoms with van der Waals surface area (Å²) < 4.78 is 0. The van der Waals surface area contributed by atoms with Crippen molar-refractivity contribution in [2.75, 3.05) is 26.2 Å². The highest BCUT2D eigenvalue weighted by Crippen LogP contribution is 2.34. The van der Waals surface area contributed by atoms with Gasteiger partial charge in [0.1, 0.15) is 0 Å². The number of carboxylic acid groups (broad SMARTS) is 1. The van der Waals surface area contributed by atoms with Gasteiger partial charge < -0.3 is 10.0 Å². The van der Waals surface area contributed by atoms with Crippen molar-refractivity contribution < 1.29 is 9.90 Å². The fourth-order valence-electron chi connectivity index (χ4n) is 3.14. The van der Waals surface area contributed by atoms with Crippen LogP contribution in [0.15, 0.2) is 30.3 Å². The molecule has 1 unspecified atom stereocenters. The van der Waals surface area contributed by atoms with E-state index in [4.69, 9.17) is 5.11 Å². The van der Waals surface area contributed by atoms with Gasteiger partial charge in [-0.15, -0.1) is 10.2 Å². The van der Waals surface area contributed by atoms with E-state index in [1.54, 1.807) is 4.80 Å². The molecule has 1 aromatic carbocycles. The van der Waals surface area contributed by atoms with Crippen LogP contribution in [0, 0.1) is 0 Å². The molecule has 24 heavy (non-hydrogen) atoms. The Morgan fingerprint density at radius 1 is 1.12 bits per heavy atom. The number of hydrogen-bond donors (Lipinski definition) is 1. The lowest BCUT2D eigenvalue weighted by Gasteiger charge is -2.37. The smallest absolute Gasteiger partial charge is 0.407 e. The number of tetrazole rings is 1. The van der Waals surface area contributed by atoms with Gasteiger partial charge in [-0.1, -0.05) is 30.3 Å². The Kier molecular flexibility index (Phi) is 3.89. The Bertz CT molecular complexity index is 706. The molecule has 0 spiro atoms. The number of amides is 1. The van der Waals surface area contributed by atoms with Crippen molar-refractivity contribution >= 4 is 6.09 Å². The average molecular weight is 328 g/mol. The van der Waals surface area contributed by atoms with E-state index in [0.717, 1.165) is 18.4 Å². The summed E-state index contributed by atoms with van der Waals surface area (Å²) in [5, 5.41) is 22.2. The molecule has 1 saturated carbocycles. The van der Waals surface area contributed by atoms with Crippen molar-refractivity contribution in [1.29, 1.82) is 0 Å². The van der Waals surface area contributed by atoms with Crippen molar-refractivity contribution in [2.45, 2.75) is 24.9 Å². The highest BCUT2D eigenvalue weighted by atomic mass is 16.4. The molecule has 1 aliphatic heterocycles. The first-order chi connectivity index (χ1) is 11.7. The van der Waals surface area contributed by atoms with Gasteiger partial charge in [-0.25, -0.2) is 4.79 Å². The monoisotopic (exact) mass is 328 g/mol. The number of aromatic nitrogens is 4. The van der Waals surface area contributed by atoms with E-state index in [9.17, 15) is 4.79 Å². The Morgan fingerprint density at radius 2 is 1.83 bits per heavy atom. The SMILES string of the molecule is O=C(O)N1CCN(C(c2ccccc2)c2nnn(C3CC3)n2)CC1. The van der Waals surface area contributed by atoms with E-state index < -0.39 is 6.09 Å². The average Bonchev–Trinajstić information content (AvgIpc) is 3.35. The number of piperazine rings is 1. The Balaban J connectivity index is 1.60. The second-order valence-electron chi connectivity index (χ2n) is 6.32. The molecule has 0 radical (unpaired) electrons. The summed E-state index contributed by atoms with van der Waals surface area (Å²) in [6.07, 6.45) is 1.37. The van der Waals surface area contributed by atoms with Gasteiger partial charge in [0.15, 0.2) is 5.82 Å². The molecule has 1 atom stereocenters. The Hall–Kier alpha value is -2.48. The van der Waals surface area contributed by atoms with Crippen LogP contribution in [-0.4, -0.2) is 67.4 Å². The van der Waals surface area contributed by atoms with Gasteiger partial charge >= 0.3 is 6.09 Å². The standard InChI is InChI=1S/C16H20N6O2/c23-16(24)21-10-8-20(9-11-21)14(12-4-2-1-3-5-12)15-17-19-22(18-15)13-6-7-13/h1-5,13-14H,6-11H2,(H,23,24). The maximum atomic E-state index is 11.1. The highest BCUT2D eigenvalue weighted by Gasteiger charge is 2.33. The first-order valence-electron chi connectivity index (χ1n) is 8.28. The van der Waals surface area contributed by atoms with Crippen molar-refractivity contribution in [1.82, 2.24) is 30.0 Å². The molecule has 8 nitrogen and oxygen atoms in total. The third kappa shape index (κ3) is 2.96. The predicted octanol–water partition coefficient (Wildman–Crippen LogP) is 1.39. The summed E-state index contributed by atoms with van der Waals surface area (Å²) in [7, 11) is 0. The van der Waals surface area contributed by atoms with Gasteiger partial charge in [-0.3, -0.25) is 4.90 Å². The lowest BCUT2D eigenvalue weighted by Crippen LogP contribution is -2.49. The third-order valence-corrected chi connectivity index (χ3v) is 4.63. The van der Waals surface area contributed by atoms with Gasteiger partial charge in [0.2, 0.25) is 0 Å². The van der Waals surface area contributed by atoms with Crippen LogP contribution in [0.1, 0.15) is 36.3 Å². The first kappa shape index (κ1) is 15.1. The number of nitrogens with zero attached hydrogens (tertiary/aromatic N) is 6. The van der Waals surface area contributed by atoms with E-state index in [1.807, 2.05) is 18.2 Å². The maximum Gasteiger partial charge on any atom is 0.407 e. The lowest BCUT2D eigenvalue weighted by molar-refractivity contribution is 0.0914. The third-order valence-electron chi connectivity index (χ3n) is 4.63. The fourth-order valence-corrected chi connectivity index (χ4v) is 3.14. The molecule has 4 rings (SSSR count). The van der Waals surface area contributed by atoms with Gasteiger partial charge in [0.25, 0.3) is 0 Å². The zero-order chi connectivity index (χ0) is 16.5. The molecule has 1 saturated heterocycles. The molecule has 1 aliphatic carbocycles. The minimum absolute atomic E-state index is 0.0883. The van der Waals surface area contributed by atoms with Crippen LogP contribution in [-0.2, 0) is 0 Å². The molecule has 2 fully saturated rings. The molecule has 1 aromatic heterocycles. The molecular formula is C16H20N6O2. The van der Waals surface area contributed by atoms with Crippen LogP contribution >= 0.6 is 0 Å². The minimum atomic E-state index is -0.858. The van der Waals surface area contributed by atoms with Crippen molar-refractivity contribution in [3.05, 3.63) is 41.7 Å². The predicted molar refractivity (Wildman–Crippen MR) is 85.5 cm³/mol. The molecule has 1 N–H and O–H groups in total. The molecular weight excluding hydrogens is 308 g/mol. The van der Waals surface area contributed by atoms with Crippen LogP contribution in [0.25, 0.3) is 0 Å². The fraction of sp³-hybridized carbons (Fsp3) is 0.500. The summed E-state index contributed by atoms with van der Waals surface area (Å²) in [5.74, 6) is 0.692. The van der Waals surface area contributed by atoms with Crippen molar-refractivity contribution in [3.63, 3.8) is 0 Å². The van der Waals surface area contributed by atoms with Crippen LogP contribution in [0.5, 0.6) is 0 Å². The summed E-state index contributed by atoms with van der Waals surface area (Å²) in [6.45, 7) is 2.30. The van der Waals surface area contributed by atoms with E-state index in [2.05, 4.69) is 32.4 Å². The van der Waals surface area contributed by atoms with E-state index in [0.29, 0.717) is 38.0 Å². The van der Waals surface area contributed by atoms with E-state index in [1.165, 1.54) is 4.90 Å².